The molecule has 0 unspecified atom stereocenters. The van der Waals surface area contributed by atoms with Gasteiger partial charge in [-0.15, -0.1) is 0 Å². The van der Waals surface area contributed by atoms with E-state index in [0.29, 0.717) is 10.2 Å². The number of sulfonamides is 1. The standard InChI is InChI=1S/C13H12BrFN2O3S/c1-20-12-6-8(15)2-4-11(12)17-21(18,19)13-5-3-9(16)7-10(13)14/h2-7,17H,16H2,1H3. The number of nitrogens with two attached hydrogens (primary N) is 1. The number of hydrogen-bond acceptors (Lipinski definition) is 4. The maximum absolute atomic E-state index is 13.1. The van der Waals surface area contributed by atoms with Crippen molar-refractivity contribution >= 4 is 37.3 Å². The average Bonchev–Trinajstić information content (AvgIpc) is 2.40. The second-order valence-corrected chi connectivity index (χ2v) is 6.65. The maximum Gasteiger partial charge on any atom is 0.263 e. The van der Waals surface area contributed by atoms with Crippen molar-refractivity contribution in [3.8, 4) is 5.75 Å². The van der Waals surface area contributed by atoms with Crippen molar-refractivity contribution in [2.75, 3.05) is 17.6 Å². The van der Waals surface area contributed by atoms with E-state index in [-0.39, 0.29) is 16.3 Å². The van der Waals surface area contributed by atoms with Gasteiger partial charge in [0.1, 0.15) is 16.5 Å². The van der Waals surface area contributed by atoms with E-state index in [2.05, 4.69) is 20.7 Å². The SMILES string of the molecule is COc1cc(F)ccc1NS(=O)(=O)c1ccc(N)cc1Br. The molecule has 0 aliphatic rings. The molecule has 0 fully saturated rings. The van der Waals surface area contributed by atoms with Gasteiger partial charge in [-0.05, 0) is 46.3 Å². The third kappa shape index (κ3) is 3.45. The molecule has 0 radical (unpaired) electrons. The van der Waals surface area contributed by atoms with E-state index in [0.717, 1.165) is 12.1 Å². The molecule has 0 atom stereocenters. The molecule has 0 bridgehead atoms. The number of rotatable bonds is 4. The normalized spacial score (nSPS) is 11.2. The molecule has 3 N–H and O–H groups in total. The minimum atomic E-state index is -3.86. The first-order valence-electron chi connectivity index (χ1n) is 5.75. The van der Waals surface area contributed by atoms with E-state index in [1.807, 2.05) is 0 Å². The van der Waals surface area contributed by atoms with Crippen LogP contribution in [0.1, 0.15) is 0 Å². The van der Waals surface area contributed by atoms with E-state index >= 15 is 0 Å². The van der Waals surface area contributed by atoms with Gasteiger partial charge in [0, 0.05) is 16.2 Å². The Kier molecular flexibility index (Phi) is 4.38. The summed E-state index contributed by atoms with van der Waals surface area (Å²) in [6, 6.07) is 7.85. The number of anilines is 2. The number of ether oxygens (including phenoxy) is 1. The molecule has 21 heavy (non-hydrogen) atoms. The number of hydrogen-bond donors (Lipinski definition) is 2. The van der Waals surface area contributed by atoms with Crippen LogP contribution in [0.5, 0.6) is 5.75 Å². The van der Waals surface area contributed by atoms with Crippen molar-refractivity contribution in [3.63, 3.8) is 0 Å². The predicted octanol–water partition coefficient (Wildman–Crippen LogP) is 2.98. The molecular weight excluding hydrogens is 363 g/mol. The number of nitrogens with one attached hydrogen (secondary N) is 1. The lowest BCUT2D eigenvalue weighted by Crippen LogP contribution is -2.14. The van der Waals surface area contributed by atoms with E-state index in [1.165, 1.54) is 31.4 Å². The summed E-state index contributed by atoms with van der Waals surface area (Å²) in [5.74, 6) is -0.436. The van der Waals surface area contributed by atoms with Crippen LogP contribution >= 0.6 is 15.9 Å². The second kappa shape index (κ2) is 5.90. The van der Waals surface area contributed by atoms with Crippen molar-refractivity contribution in [1.29, 1.82) is 0 Å². The largest absolute Gasteiger partial charge is 0.494 e. The predicted molar refractivity (Wildman–Crippen MR) is 82.3 cm³/mol. The fraction of sp³-hybridized carbons (Fsp3) is 0.0769. The molecule has 0 amide bonds. The van der Waals surface area contributed by atoms with Crippen LogP contribution in [-0.4, -0.2) is 15.5 Å². The quantitative estimate of drug-likeness (QED) is 0.806. The molecule has 2 aromatic carbocycles. The number of halogens is 2. The summed E-state index contributed by atoms with van der Waals surface area (Å²) in [6.45, 7) is 0. The van der Waals surface area contributed by atoms with Crippen LogP contribution in [0.15, 0.2) is 45.8 Å². The Hall–Kier alpha value is -1.80. The molecule has 112 valence electrons. The lowest BCUT2D eigenvalue weighted by atomic mass is 10.3. The molecular formula is C13H12BrFN2O3S. The van der Waals surface area contributed by atoms with Crippen LogP contribution in [0.25, 0.3) is 0 Å². The zero-order valence-electron chi connectivity index (χ0n) is 10.9. The first-order valence-corrected chi connectivity index (χ1v) is 8.02. The van der Waals surface area contributed by atoms with Gasteiger partial charge in [0.15, 0.2) is 0 Å². The molecule has 0 saturated carbocycles. The maximum atomic E-state index is 13.1. The first-order chi connectivity index (χ1) is 9.83. The summed E-state index contributed by atoms with van der Waals surface area (Å²) in [6.07, 6.45) is 0. The van der Waals surface area contributed by atoms with E-state index < -0.39 is 15.8 Å². The average molecular weight is 375 g/mol. The zero-order valence-corrected chi connectivity index (χ0v) is 13.3. The van der Waals surface area contributed by atoms with Crippen molar-refractivity contribution in [1.82, 2.24) is 0 Å². The van der Waals surface area contributed by atoms with Gasteiger partial charge in [0.2, 0.25) is 0 Å². The molecule has 0 aromatic heterocycles. The summed E-state index contributed by atoms with van der Waals surface area (Å²) in [5, 5.41) is 0. The second-order valence-electron chi connectivity index (χ2n) is 4.14. The molecule has 0 heterocycles. The van der Waals surface area contributed by atoms with Crippen molar-refractivity contribution in [2.24, 2.45) is 0 Å². The molecule has 2 aromatic rings. The zero-order chi connectivity index (χ0) is 15.6. The van der Waals surface area contributed by atoms with Gasteiger partial charge in [-0.25, -0.2) is 12.8 Å². The summed E-state index contributed by atoms with van der Waals surface area (Å²) >= 11 is 3.15. The highest BCUT2D eigenvalue weighted by Crippen LogP contribution is 2.30. The van der Waals surface area contributed by atoms with Gasteiger partial charge in [-0.1, -0.05) is 0 Å². The molecule has 2 rings (SSSR count). The summed E-state index contributed by atoms with van der Waals surface area (Å²) in [7, 11) is -2.54. The third-order valence-corrected chi connectivity index (χ3v) is 5.00. The van der Waals surface area contributed by atoms with Crippen LogP contribution in [0.3, 0.4) is 0 Å². The molecule has 8 heteroatoms. The van der Waals surface area contributed by atoms with Gasteiger partial charge in [0.25, 0.3) is 10.0 Å². The lowest BCUT2D eigenvalue weighted by molar-refractivity contribution is 0.413. The van der Waals surface area contributed by atoms with E-state index in [1.54, 1.807) is 0 Å². The van der Waals surface area contributed by atoms with Crippen LogP contribution < -0.4 is 15.2 Å². The summed E-state index contributed by atoms with van der Waals surface area (Å²) in [5.41, 5.74) is 6.15. The minimum Gasteiger partial charge on any atom is -0.494 e. The molecule has 5 nitrogen and oxygen atoms in total. The monoisotopic (exact) mass is 374 g/mol. The fourth-order valence-electron chi connectivity index (χ4n) is 1.68. The topological polar surface area (TPSA) is 81.4 Å². The molecule has 0 aliphatic carbocycles. The molecule has 0 aliphatic heterocycles. The Labute approximate surface area is 130 Å². The minimum absolute atomic E-state index is 0.0167. The lowest BCUT2D eigenvalue weighted by Gasteiger charge is -2.13. The smallest absolute Gasteiger partial charge is 0.263 e. The van der Waals surface area contributed by atoms with Crippen molar-refractivity contribution in [2.45, 2.75) is 4.90 Å². The third-order valence-electron chi connectivity index (χ3n) is 2.65. The first kappa shape index (κ1) is 15.6. The van der Waals surface area contributed by atoms with Gasteiger partial charge in [-0.3, -0.25) is 4.72 Å². The Morgan fingerprint density at radius 1 is 1.24 bits per heavy atom. The Morgan fingerprint density at radius 2 is 1.95 bits per heavy atom. The highest BCUT2D eigenvalue weighted by Gasteiger charge is 2.19. The number of nitrogen functional groups attached to an aromatic ring is 1. The van der Waals surface area contributed by atoms with Crippen LogP contribution in [-0.2, 0) is 10.0 Å². The molecule has 0 saturated heterocycles. The number of benzene rings is 2. The Balaban J connectivity index is 2.42. The van der Waals surface area contributed by atoms with Gasteiger partial charge < -0.3 is 10.5 Å². The highest BCUT2D eigenvalue weighted by molar-refractivity contribution is 9.10. The Bertz CT molecular complexity index is 781. The Morgan fingerprint density at radius 3 is 2.57 bits per heavy atom. The number of methoxy groups -OCH3 is 1. The van der Waals surface area contributed by atoms with Crippen LogP contribution in [0, 0.1) is 5.82 Å². The fourth-order valence-corrected chi connectivity index (χ4v) is 3.85. The van der Waals surface area contributed by atoms with E-state index in [4.69, 9.17) is 10.5 Å². The summed E-state index contributed by atoms with van der Waals surface area (Å²) < 4.78 is 45.5. The van der Waals surface area contributed by atoms with Crippen molar-refractivity contribution < 1.29 is 17.5 Å². The van der Waals surface area contributed by atoms with Crippen LogP contribution in [0.2, 0.25) is 0 Å². The van der Waals surface area contributed by atoms with Gasteiger partial charge >= 0.3 is 0 Å². The highest BCUT2D eigenvalue weighted by atomic mass is 79.9. The molecule has 0 spiro atoms. The van der Waals surface area contributed by atoms with E-state index in [9.17, 15) is 12.8 Å². The van der Waals surface area contributed by atoms with Gasteiger partial charge in [0.05, 0.1) is 12.8 Å². The van der Waals surface area contributed by atoms with Crippen LogP contribution in [0.4, 0.5) is 15.8 Å². The van der Waals surface area contributed by atoms with Gasteiger partial charge in [-0.2, -0.15) is 0 Å². The van der Waals surface area contributed by atoms with Crippen molar-refractivity contribution in [3.05, 3.63) is 46.7 Å². The summed E-state index contributed by atoms with van der Waals surface area (Å²) in [4.78, 5) is 0.0167.